The minimum absolute atomic E-state index is 0.00812. The second kappa shape index (κ2) is 6.38. The topological polar surface area (TPSA) is 76.4 Å². The van der Waals surface area contributed by atoms with E-state index in [1.807, 2.05) is 0 Å². The summed E-state index contributed by atoms with van der Waals surface area (Å²) < 4.78 is 5.05. The van der Waals surface area contributed by atoms with Gasteiger partial charge in [0.25, 0.3) is 0 Å². The lowest BCUT2D eigenvalue weighted by atomic mass is 9.99. The van der Waals surface area contributed by atoms with Crippen LogP contribution >= 0.6 is 0 Å². The second-order valence-electron chi connectivity index (χ2n) is 4.71. The Morgan fingerprint density at radius 2 is 2.42 bits per heavy atom. The number of nitrogens with zero attached hydrogens (tertiary/aromatic N) is 1. The lowest BCUT2D eigenvalue weighted by Gasteiger charge is -2.23. The van der Waals surface area contributed by atoms with E-state index in [0.717, 1.165) is 32.5 Å². The van der Waals surface area contributed by atoms with Crippen LogP contribution in [0.15, 0.2) is 18.2 Å². The Bertz CT molecular complexity index is 445. The SMILES string of the molecule is COc1cccc(NCC2CCCNC2)c1[N+](=O)[O-]. The van der Waals surface area contributed by atoms with Gasteiger partial charge in [-0.15, -0.1) is 0 Å². The summed E-state index contributed by atoms with van der Waals surface area (Å²) in [5.41, 5.74) is 0.531. The third-order valence-electron chi connectivity index (χ3n) is 3.38. The fourth-order valence-electron chi connectivity index (χ4n) is 2.37. The van der Waals surface area contributed by atoms with Crippen molar-refractivity contribution >= 4 is 11.4 Å². The molecule has 0 spiro atoms. The molecule has 2 rings (SSSR count). The number of benzene rings is 1. The first kappa shape index (κ1) is 13.6. The van der Waals surface area contributed by atoms with Gasteiger partial charge in [0.15, 0.2) is 5.75 Å². The van der Waals surface area contributed by atoms with E-state index in [0.29, 0.717) is 11.6 Å². The smallest absolute Gasteiger partial charge is 0.333 e. The lowest BCUT2D eigenvalue weighted by molar-refractivity contribution is -0.384. The van der Waals surface area contributed by atoms with E-state index in [1.165, 1.54) is 7.11 Å². The highest BCUT2D eigenvalue weighted by Crippen LogP contribution is 2.34. The first-order valence-corrected chi connectivity index (χ1v) is 6.48. The summed E-state index contributed by atoms with van der Waals surface area (Å²) in [6.07, 6.45) is 2.31. The van der Waals surface area contributed by atoms with Gasteiger partial charge in [-0.25, -0.2) is 0 Å². The number of rotatable bonds is 5. The average Bonchev–Trinajstić information content (AvgIpc) is 2.45. The van der Waals surface area contributed by atoms with E-state index in [9.17, 15) is 10.1 Å². The van der Waals surface area contributed by atoms with Crippen LogP contribution in [-0.2, 0) is 0 Å². The number of hydrogen-bond donors (Lipinski definition) is 2. The standard InChI is InChI=1S/C13H19N3O3/c1-19-12-6-2-5-11(13(12)16(17)18)15-9-10-4-3-7-14-8-10/h2,5-6,10,14-15H,3-4,7-9H2,1H3. The van der Waals surface area contributed by atoms with Gasteiger partial charge in [-0.05, 0) is 44.0 Å². The van der Waals surface area contributed by atoms with Crippen LogP contribution in [0.25, 0.3) is 0 Å². The van der Waals surface area contributed by atoms with Crippen molar-refractivity contribution in [2.24, 2.45) is 5.92 Å². The molecule has 1 atom stereocenters. The molecule has 6 heteroatoms. The molecule has 0 aromatic heterocycles. The van der Waals surface area contributed by atoms with E-state index in [-0.39, 0.29) is 11.4 Å². The van der Waals surface area contributed by atoms with Gasteiger partial charge < -0.3 is 15.4 Å². The van der Waals surface area contributed by atoms with Gasteiger partial charge in [-0.2, -0.15) is 0 Å². The van der Waals surface area contributed by atoms with Crippen LogP contribution in [0.1, 0.15) is 12.8 Å². The number of nitro groups is 1. The van der Waals surface area contributed by atoms with Crippen LogP contribution in [0.4, 0.5) is 11.4 Å². The van der Waals surface area contributed by atoms with Gasteiger partial charge in [0.1, 0.15) is 5.69 Å². The molecule has 0 amide bonds. The highest BCUT2D eigenvalue weighted by Gasteiger charge is 2.21. The first-order valence-electron chi connectivity index (χ1n) is 6.48. The third-order valence-corrected chi connectivity index (χ3v) is 3.38. The van der Waals surface area contributed by atoms with Crippen molar-refractivity contribution in [1.29, 1.82) is 0 Å². The summed E-state index contributed by atoms with van der Waals surface area (Å²) in [5, 5.41) is 17.6. The molecule has 104 valence electrons. The number of piperidine rings is 1. The van der Waals surface area contributed by atoms with Gasteiger partial charge in [0, 0.05) is 6.54 Å². The molecule has 0 bridgehead atoms. The highest BCUT2D eigenvalue weighted by atomic mass is 16.6. The molecule has 6 nitrogen and oxygen atoms in total. The van der Waals surface area contributed by atoms with Crippen LogP contribution in [-0.4, -0.2) is 31.7 Å². The second-order valence-corrected chi connectivity index (χ2v) is 4.71. The Balaban J connectivity index is 2.08. The van der Waals surface area contributed by atoms with Crippen LogP contribution in [0, 0.1) is 16.0 Å². The normalized spacial score (nSPS) is 18.9. The Kier molecular flexibility index (Phi) is 4.57. The predicted molar refractivity (Wildman–Crippen MR) is 73.7 cm³/mol. The number of para-hydroxylation sites is 1. The van der Waals surface area contributed by atoms with Gasteiger partial charge in [-0.1, -0.05) is 6.07 Å². The zero-order valence-corrected chi connectivity index (χ0v) is 11.0. The van der Waals surface area contributed by atoms with Crippen molar-refractivity contribution in [1.82, 2.24) is 5.32 Å². The van der Waals surface area contributed by atoms with Gasteiger partial charge in [0.05, 0.1) is 12.0 Å². The summed E-state index contributed by atoms with van der Waals surface area (Å²) in [6, 6.07) is 5.08. The molecule has 0 saturated carbocycles. The van der Waals surface area contributed by atoms with Crippen LogP contribution < -0.4 is 15.4 Å². The zero-order valence-electron chi connectivity index (χ0n) is 11.0. The van der Waals surface area contributed by atoms with Crippen molar-refractivity contribution in [3.63, 3.8) is 0 Å². The molecule has 1 aromatic rings. The summed E-state index contributed by atoms with van der Waals surface area (Å²) in [7, 11) is 1.44. The van der Waals surface area contributed by atoms with E-state index >= 15 is 0 Å². The van der Waals surface area contributed by atoms with E-state index in [2.05, 4.69) is 10.6 Å². The molecular weight excluding hydrogens is 246 g/mol. The minimum atomic E-state index is -0.402. The Morgan fingerprint density at radius 1 is 1.58 bits per heavy atom. The zero-order chi connectivity index (χ0) is 13.7. The van der Waals surface area contributed by atoms with Gasteiger partial charge in [-0.3, -0.25) is 10.1 Å². The largest absolute Gasteiger partial charge is 0.490 e. The van der Waals surface area contributed by atoms with Crippen molar-refractivity contribution in [3.05, 3.63) is 28.3 Å². The van der Waals surface area contributed by atoms with Crippen molar-refractivity contribution in [3.8, 4) is 5.75 Å². The number of methoxy groups -OCH3 is 1. The molecule has 1 saturated heterocycles. The summed E-state index contributed by atoms with van der Waals surface area (Å²) in [6.45, 7) is 2.77. The van der Waals surface area contributed by atoms with Crippen molar-refractivity contribution < 1.29 is 9.66 Å². The molecule has 1 fully saturated rings. The lowest BCUT2D eigenvalue weighted by Crippen LogP contribution is -2.33. The fraction of sp³-hybridized carbons (Fsp3) is 0.538. The van der Waals surface area contributed by atoms with Crippen molar-refractivity contribution in [2.45, 2.75) is 12.8 Å². The summed E-state index contributed by atoms with van der Waals surface area (Å²) in [5.74, 6) is 0.802. The molecule has 0 radical (unpaired) electrons. The first-order chi connectivity index (χ1) is 9.22. The maximum Gasteiger partial charge on any atom is 0.333 e. The maximum absolute atomic E-state index is 11.1. The quantitative estimate of drug-likeness (QED) is 0.629. The molecule has 1 heterocycles. The van der Waals surface area contributed by atoms with E-state index < -0.39 is 4.92 Å². The molecular formula is C13H19N3O3. The molecule has 0 aliphatic carbocycles. The number of nitrogens with one attached hydrogen (secondary N) is 2. The van der Waals surface area contributed by atoms with Gasteiger partial charge in [0.2, 0.25) is 0 Å². The Morgan fingerprint density at radius 3 is 3.05 bits per heavy atom. The number of ether oxygens (including phenoxy) is 1. The summed E-state index contributed by atoms with van der Waals surface area (Å²) in [4.78, 5) is 10.7. The molecule has 1 aliphatic heterocycles. The van der Waals surface area contributed by atoms with E-state index in [1.54, 1.807) is 18.2 Å². The molecule has 19 heavy (non-hydrogen) atoms. The number of nitro benzene ring substituents is 1. The summed E-state index contributed by atoms with van der Waals surface area (Å²) >= 11 is 0. The Hall–Kier alpha value is -1.82. The highest BCUT2D eigenvalue weighted by molar-refractivity contribution is 5.68. The average molecular weight is 265 g/mol. The van der Waals surface area contributed by atoms with Crippen LogP contribution in [0.3, 0.4) is 0 Å². The molecule has 1 unspecified atom stereocenters. The minimum Gasteiger partial charge on any atom is -0.490 e. The third kappa shape index (κ3) is 3.35. The van der Waals surface area contributed by atoms with Crippen LogP contribution in [0.2, 0.25) is 0 Å². The molecule has 1 aliphatic rings. The number of hydrogen-bond acceptors (Lipinski definition) is 5. The fourth-order valence-corrected chi connectivity index (χ4v) is 2.37. The van der Waals surface area contributed by atoms with Gasteiger partial charge >= 0.3 is 5.69 Å². The molecule has 2 N–H and O–H groups in total. The Labute approximate surface area is 112 Å². The monoisotopic (exact) mass is 265 g/mol. The predicted octanol–water partition coefficient (Wildman–Crippen LogP) is 2.01. The van der Waals surface area contributed by atoms with Crippen molar-refractivity contribution in [2.75, 3.05) is 32.1 Å². The molecule has 1 aromatic carbocycles. The van der Waals surface area contributed by atoms with E-state index in [4.69, 9.17) is 4.74 Å². The number of anilines is 1. The van der Waals surface area contributed by atoms with Crippen LogP contribution in [0.5, 0.6) is 5.75 Å². The maximum atomic E-state index is 11.1.